The molecule has 0 aliphatic rings. The smallest absolute Gasteiger partial charge is 0.421 e. The number of ether oxygens (including phenoxy) is 1. The molecule has 0 N–H and O–H groups in total. The Hall–Kier alpha value is -3.09. The zero-order chi connectivity index (χ0) is 22.3. The first-order chi connectivity index (χ1) is 14.9. The summed E-state index contributed by atoms with van der Waals surface area (Å²) in [6.07, 6.45) is -0.835. The van der Waals surface area contributed by atoms with Crippen LogP contribution in [0.1, 0.15) is 43.4 Å². The molecule has 0 aliphatic heterocycles. The number of aryl methyl sites for hydroxylation is 1. The first-order valence-corrected chi connectivity index (χ1v) is 10.4. The number of halogens is 3. The Kier molecular flexibility index (Phi) is 7.50. The van der Waals surface area contributed by atoms with Crippen molar-refractivity contribution in [2.24, 2.45) is 0 Å². The van der Waals surface area contributed by atoms with Crippen molar-refractivity contribution in [3.63, 3.8) is 0 Å². The molecular weight excluding hydrogens is 403 g/mol. The van der Waals surface area contributed by atoms with E-state index in [1.54, 1.807) is 17.9 Å². The van der Waals surface area contributed by atoms with E-state index in [0.717, 1.165) is 36.6 Å². The zero-order valence-electron chi connectivity index (χ0n) is 17.7. The number of aromatic nitrogens is 2. The van der Waals surface area contributed by atoms with Gasteiger partial charge in [0, 0.05) is 18.4 Å². The predicted molar refractivity (Wildman–Crippen MR) is 116 cm³/mol. The standard InChI is InChI=1S/C24H26F3N3O/c1-3-5-10-18-13-9-14-20(15-18)30(4-2)22-21(24(25,26)27)16-28-23(29-22)31-17-19-11-7-6-8-12-19/h6-9,11-16H,3-5,10,17H2,1-2H3. The molecule has 0 saturated carbocycles. The van der Waals surface area contributed by atoms with Crippen molar-refractivity contribution < 1.29 is 17.9 Å². The van der Waals surface area contributed by atoms with Crippen LogP contribution < -0.4 is 9.64 Å². The maximum atomic E-state index is 13.7. The van der Waals surface area contributed by atoms with Gasteiger partial charge in [0.05, 0.1) is 0 Å². The number of benzene rings is 2. The van der Waals surface area contributed by atoms with Gasteiger partial charge >= 0.3 is 12.2 Å². The molecule has 7 heteroatoms. The molecule has 0 saturated heterocycles. The lowest BCUT2D eigenvalue weighted by Crippen LogP contribution is -2.23. The van der Waals surface area contributed by atoms with Gasteiger partial charge in [-0.3, -0.25) is 0 Å². The van der Waals surface area contributed by atoms with Gasteiger partial charge in [0.15, 0.2) is 5.82 Å². The lowest BCUT2D eigenvalue weighted by Gasteiger charge is -2.26. The summed E-state index contributed by atoms with van der Waals surface area (Å²) in [6.45, 7) is 4.39. The van der Waals surface area contributed by atoms with Gasteiger partial charge in [-0.05, 0) is 43.0 Å². The molecule has 0 spiro atoms. The van der Waals surface area contributed by atoms with E-state index in [-0.39, 0.29) is 18.4 Å². The van der Waals surface area contributed by atoms with Crippen molar-refractivity contribution in [3.8, 4) is 6.01 Å². The van der Waals surface area contributed by atoms with Crippen LogP contribution in [-0.4, -0.2) is 16.5 Å². The molecular formula is C24H26F3N3O. The fraction of sp³-hybridized carbons (Fsp3) is 0.333. The van der Waals surface area contributed by atoms with Crippen molar-refractivity contribution in [2.75, 3.05) is 11.4 Å². The Labute approximate surface area is 180 Å². The van der Waals surface area contributed by atoms with Crippen LogP contribution in [0.4, 0.5) is 24.7 Å². The second-order valence-electron chi connectivity index (χ2n) is 7.18. The second-order valence-corrected chi connectivity index (χ2v) is 7.18. The maximum Gasteiger partial charge on any atom is 0.421 e. The van der Waals surface area contributed by atoms with Crippen LogP contribution >= 0.6 is 0 Å². The third kappa shape index (κ3) is 5.96. The van der Waals surface area contributed by atoms with Crippen LogP contribution in [-0.2, 0) is 19.2 Å². The molecule has 164 valence electrons. The first-order valence-electron chi connectivity index (χ1n) is 10.4. The Morgan fingerprint density at radius 2 is 1.71 bits per heavy atom. The number of anilines is 2. The lowest BCUT2D eigenvalue weighted by molar-refractivity contribution is -0.137. The summed E-state index contributed by atoms with van der Waals surface area (Å²) in [6, 6.07) is 16.8. The van der Waals surface area contributed by atoms with Crippen LogP contribution in [0.3, 0.4) is 0 Å². The van der Waals surface area contributed by atoms with Crippen LogP contribution in [0.25, 0.3) is 0 Å². The molecule has 1 aromatic heterocycles. The Morgan fingerprint density at radius 3 is 2.39 bits per heavy atom. The van der Waals surface area contributed by atoms with E-state index in [2.05, 4.69) is 16.9 Å². The fourth-order valence-electron chi connectivity index (χ4n) is 3.27. The van der Waals surface area contributed by atoms with Crippen LogP contribution in [0.15, 0.2) is 60.8 Å². The zero-order valence-corrected chi connectivity index (χ0v) is 17.7. The Balaban J connectivity index is 1.95. The van der Waals surface area contributed by atoms with Gasteiger partial charge in [-0.15, -0.1) is 0 Å². The fourth-order valence-corrected chi connectivity index (χ4v) is 3.27. The number of alkyl halides is 3. The number of nitrogens with zero attached hydrogens (tertiary/aromatic N) is 3. The predicted octanol–water partition coefficient (Wildman–Crippen LogP) is 6.58. The highest BCUT2D eigenvalue weighted by Crippen LogP contribution is 2.38. The summed E-state index contributed by atoms with van der Waals surface area (Å²) in [5.41, 5.74) is 1.74. The third-order valence-electron chi connectivity index (χ3n) is 4.88. The summed E-state index contributed by atoms with van der Waals surface area (Å²) in [5, 5.41) is 0. The molecule has 2 aromatic carbocycles. The van der Waals surface area contributed by atoms with Crippen molar-refractivity contribution >= 4 is 11.5 Å². The molecule has 0 unspecified atom stereocenters. The largest absolute Gasteiger partial charge is 0.459 e. The maximum absolute atomic E-state index is 13.7. The number of hydrogen-bond donors (Lipinski definition) is 0. The summed E-state index contributed by atoms with van der Waals surface area (Å²) >= 11 is 0. The van der Waals surface area contributed by atoms with Crippen LogP contribution in [0.5, 0.6) is 6.01 Å². The minimum atomic E-state index is -4.58. The minimum Gasteiger partial charge on any atom is -0.459 e. The van der Waals surface area contributed by atoms with Crippen molar-refractivity contribution in [2.45, 2.75) is 45.9 Å². The van der Waals surface area contributed by atoms with Gasteiger partial charge in [-0.25, -0.2) is 4.98 Å². The number of rotatable bonds is 9. The van der Waals surface area contributed by atoms with Gasteiger partial charge in [-0.2, -0.15) is 18.2 Å². The van der Waals surface area contributed by atoms with E-state index in [0.29, 0.717) is 12.2 Å². The Bertz CT molecular complexity index is 977. The van der Waals surface area contributed by atoms with Gasteiger partial charge in [0.2, 0.25) is 0 Å². The highest BCUT2D eigenvalue weighted by atomic mass is 19.4. The highest BCUT2D eigenvalue weighted by Gasteiger charge is 2.37. The molecule has 31 heavy (non-hydrogen) atoms. The SMILES string of the molecule is CCCCc1cccc(N(CC)c2nc(OCc3ccccc3)ncc2C(F)(F)F)c1. The summed E-state index contributed by atoms with van der Waals surface area (Å²) < 4.78 is 46.8. The Morgan fingerprint density at radius 1 is 0.968 bits per heavy atom. The average Bonchev–Trinajstić information content (AvgIpc) is 2.77. The van der Waals surface area contributed by atoms with Gasteiger partial charge < -0.3 is 9.64 Å². The molecule has 0 bridgehead atoms. The highest BCUT2D eigenvalue weighted by molar-refractivity contribution is 5.64. The summed E-state index contributed by atoms with van der Waals surface area (Å²) in [4.78, 5) is 9.53. The van der Waals surface area contributed by atoms with E-state index < -0.39 is 11.7 Å². The second kappa shape index (κ2) is 10.3. The monoisotopic (exact) mass is 429 g/mol. The van der Waals surface area contributed by atoms with Crippen molar-refractivity contribution in [1.29, 1.82) is 0 Å². The molecule has 0 fully saturated rings. The molecule has 3 rings (SSSR count). The number of hydrogen-bond acceptors (Lipinski definition) is 4. The van der Waals surface area contributed by atoms with Gasteiger partial charge in [-0.1, -0.05) is 55.8 Å². The van der Waals surface area contributed by atoms with Gasteiger partial charge in [0.25, 0.3) is 0 Å². The van der Waals surface area contributed by atoms with Crippen molar-refractivity contribution in [1.82, 2.24) is 9.97 Å². The molecule has 3 aromatic rings. The topological polar surface area (TPSA) is 38.2 Å². The first kappa shape index (κ1) is 22.6. The summed E-state index contributed by atoms with van der Waals surface area (Å²) in [7, 11) is 0. The normalized spacial score (nSPS) is 11.4. The quantitative estimate of drug-likeness (QED) is 0.385. The number of unbranched alkanes of at least 4 members (excludes halogenated alkanes) is 1. The third-order valence-corrected chi connectivity index (χ3v) is 4.88. The van der Waals surface area contributed by atoms with Crippen molar-refractivity contribution in [3.05, 3.63) is 77.5 Å². The van der Waals surface area contributed by atoms with E-state index in [1.807, 2.05) is 48.5 Å². The molecule has 0 atom stereocenters. The minimum absolute atomic E-state index is 0.0903. The van der Waals surface area contributed by atoms with E-state index in [4.69, 9.17) is 4.74 Å². The lowest BCUT2D eigenvalue weighted by atomic mass is 10.1. The molecule has 0 aliphatic carbocycles. The molecule has 4 nitrogen and oxygen atoms in total. The van der Waals surface area contributed by atoms with Crippen LogP contribution in [0.2, 0.25) is 0 Å². The summed E-state index contributed by atoms with van der Waals surface area (Å²) in [5.74, 6) is -0.208. The van der Waals surface area contributed by atoms with Gasteiger partial charge in [0.1, 0.15) is 12.2 Å². The van der Waals surface area contributed by atoms with E-state index >= 15 is 0 Å². The molecule has 1 heterocycles. The van der Waals surface area contributed by atoms with E-state index in [1.165, 1.54) is 0 Å². The molecule has 0 radical (unpaired) electrons. The van der Waals surface area contributed by atoms with Crippen LogP contribution in [0, 0.1) is 0 Å². The average molecular weight is 429 g/mol. The molecule has 0 amide bonds. The van der Waals surface area contributed by atoms with E-state index in [9.17, 15) is 13.2 Å².